The predicted octanol–water partition coefficient (Wildman–Crippen LogP) is 3.41. The van der Waals surface area contributed by atoms with Gasteiger partial charge in [0, 0.05) is 30.6 Å². The number of alkyl halides is 3. The SMILES string of the molecule is N#Cc1cccc(N2CC3(CCN(Cc4ccco4)C3)CC2=O)c1.O=C(O)C(F)(F)F. The van der Waals surface area contributed by atoms with Crippen molar-refractivity contribution in [1.82, 2.24) is 4.90 Å². The molecule has 2 fully saturated rings. The molecule has 3 heterocycles. The fourth-order valence-electron chi connectivity index (χ4n) is 3.93. The Morgan fingerprint density at radius 2 is 2.00 bits per heavy atom. The molecule has 2 aromatic rings. The van der Waals surface area contributed by atoms with E-state index in [4.69, 9.17) is 19.6 Å². The molecule has 0 saturated carbocycles. The Hall–Kier alpha value is -3.32. The lowest BCUT2D eigenvalue weighted by molar-refractivity contribution is -0.192. The Labute approximate surface area is 176 Å². The quantitative estimate of drug-likeness (QED) is 0.794. The number of halogens is 3. The van der Waals surface area contributed by atoms with Gasteiger partial charge in [-0.3, -0.25) is 9.69 Å². The lowest BCUT2D eigenvalue weighted by Gasteiger charge is -2.24. The van der Waals surface area contributed by atoms with Crippen molar-refractivity contribution in [2.75, 3.05) is 24.5 Å². The fraction of sp³-hybridized carbons (Fsp3) is 0.381. The topological polar surface area (TPSA) is 97.8 Å². The second-order valence-electron chi connectivity index (χ2n) is 7.66. The van der Waals surface area contributed by atoms with Crippen molar-refractivity contribution in [3.63, 3.8) is 0 Å². The van der Waals surface area contributed by atoms with Crippen molar-refractivity contribution in [2.45, 2.75) is 25.6 Å². The van der Waals surface area contributed by atoms with Gasteiger partial charge in [-0.05, 0) is 43.3 Å². The molecule has 2 aliphatic heterocycles. The first-order valence-corrected chi connectivity index (χ1v) is 9.47. The number of carbonyl (C=O) groups is 2. The van der Waals surface area contributed by atoms with Crippen molar-refractivity contribution >= 4 is 17.6 Å². The third-order valence-corrected chi connectivity index (χ3v) is 5.33. The number of carboxylic acids is 1. The number of carboxylic acid groups (broad SMARTS) is 1. The van der Waals surface area contributed by atoms with E-state index in [0.29, 0.717) is 12.0 Å². The van der Waals surface area contributed by atoms with Gasteiger partial charge in [0.05, 0.1) is 24.4 Å². The smallest absolute Gasteiger partial charge is 0.475 e. The molecule has 0 bridgehead atoms. The zero-order valence-electron chi connectivity index (χ0n) is 16.4. The number of carbonyl (C=O) groups excluding carboxylic acids is 1. The molecule has 2 aliphatic rings. The van der Waals surface area contributed by atoms with Crippen LogP contribution in [0.2, 0.25) is 0 Å². The maximum atomic E-state index is 12.6. The number of amides is 1. The normalized spacial score (nSPS) is 21.1. The van der Waals surface area contributed by atoms with E-state index in [-0.39, 0.29) is 11.3 Å². The van der Waals surface area contributed by atoms with Crippen LogP contribution in [0.25, 0.3) is 0 Å². The Balaban J connectivity index is 0.000000339. The summed E-state index contributed by atoms with van der Waals surface area (Å²) >= 11 is 0. The van der Waals surface area contributed by atoms with Crippen molar-refractivity contribution in [2.24, 2.45) is 5.41 Å². The third-order valence-electron chi connectivity index (χ3n) is 5.33. The van der Waals surface area contributed by atoms with Crippen LogP contribution in [-0.4, -0.2) is 47.7 Å². The van der Waals surface area contributed by atoms with E-state index in [0.717, 1.165) is 44.0 Å². The van der Waals surface area contributed by atoms with Crippen LogP contribution in [0.4, 0.5) is 18.9 Å². The number of nitrogens with zero attached hydrogens (tertiary/aromatic N) is 3. The largest absolute Gasteiger partial charge is 0.490 e. The number of furan rings is 1. The van der Waals surface area contributed by atoms with Crippen LogP contribution in [-0.2, 0) is 16.1 Å². The standard InChI is InChI=1S/C19H19N3O2.C2HF3O2/c20-11-15-3-1-4-16(9-15)22-14-19(10-18(22)23)6-7-21(13-19)12-17-5-2-8-24-17;3-2(4,5)1(6)7/h1-5,8-9H,6-7,10,12-14H2;(H,6,7). The monoisotopic (exact) mass is 435 g/mol. The molecule has 31 heavy (non-hydrogen) atoms. The van der Waals surface area contributed by atoms with Gasteiger partial charge in [0.15, 0.2) is 0 Å². The highest BCUT2D eigenvalue weighted by Gasteiger charge is 2.47. The summed E-state index contributed by atoms with van der Waals surface area (Å²) in [4.78, 5) is 25.7. The first kappa shape index (κ1) is 22.4. The highest BCUT2D eigenvalue weighted by atomic mass is 19.4. The Morgan fingerprint density at radius 3 is 2.61 bits per heavy atom. The van der Waals surface area contributed by atoms with Crippen LogP contribution in [0.15, 0.2) is 47.1 Å². The van der Waals surface area contributed by atoms with Crippen molar-refractivity contribution in [1.29, 1.82) is 5.26 Å². The first-order valence-electron chi connectivity index (χ1n) is 9.47. The molecule has 1 N–H and O–H groups in total. The number of benzene rings is 1. The van der Waals surface area contributed by atoms with Gasteiger partial charge in [0.25, 0.3) is 0 Å². The fourth-order valence-corrected chi connectivity index (χ4v) is 3.93. The summed E-state index contributed by atoms with van der Waals surface area (Å²) in [5.74, 6) is -1.63. The summed E-state index contributed by atoms with van der Waals surface area (Å²) in [5, 5.41) is 16.2. The van der Waals surface area contributed by atoms with Gasteiger partial charge in [-0.1, -0.05) is 6.07 Å². The van der Waals surface area contributed by atoms with Crippen LogP contribution in [0.5, 0.6) is 0 Å². The van der Waals surface area contributed by atoms with Gasteiger partial charge in [-0.2, -0.15) is 18.4 Å². The Bertz CT molecular complexity index is 984. The molecule has 164 valence electrons. The van der Waals surface area contributed by atoms with Crippen LogP contribution in [0.1, 0.15) is 24.2 Å². The molecular formula is C21H20F3N3O4. The number of anilines is 1. The van der Waals surface area contributed by atoms with Crippen LogP contribution in [0.3, 0.4) is 0 Å². The molecular weight excluding hydrogens is 415 g/mol. The molecule has 1 atom stereocenters. The summed E-state index contributed by atoms with van der Waals surface area (Å²) in [6.07, 6.45) is -1.78. The maximum absolute atomic E-state index is 12.6. The van der Waals surface area contributed by atoms with Gasteiger partial charge >= 0.3 is 12.1 Å². The van der Waals surface area contributed by atoms with Crippen molar-refractivity contribution in [3.05, 3.63) is 54.0 Å². The summed E-state index contributed by atoms with van der Waals surface area (Å²) in [6.45, 7) is 3.43. The average molecular weight is 435 g/mol. The van der Waals surface area contributed by atoms with Crippen LogP contribution >= 0.6 is 0 Å². The van der Waals surface area contributed by atoms with E-state index in [1.807, 2.05) is 29.2 Å². The number of aliphatic carboxylic acids is 1. The Morgan fingerprint density at radius 1 is 1.26 bits per heavy atom. The molecule has 2 saturated heterocycles. The predicted molar refractivity (Wildman–Crippen MR) is 103 cm³/mol. The molecule has 1 amide bonds. The molecule has 4 rings (SSSR count). The summed E-state index contributed by atoms with van der Waals surface area (Å²) in [7, 11) is 0. The molecule has 10 heteroatoms. The summed E-state index contributed by atoms with van der Waals surface area (Å²) in [6, 6.07) is 13.3. The summed E-state index contributed by atoms with van der Waals surface area (Å²) < 4.78 is 37.2. The maximum Gasteiger partial charge on any atom is 0.490 e. The summed E-state index contributed by atoms with van der Waals surface area (Å²) in [5.41, 5.74) is 1.44. The molecule has 7 nitrogen and oxygen atoms in total. The van der Waals surface area contributed by atoms with E-state index in [9.17, 15) is 18.0 Å². The number of rotatable bonds is 3. The van der Waals surface area contributed by atoms with Crippen molar-refractivity contribution in [3.8, 4) is 6.07 Å². The molecule has 1 unspecified atom stereocenters. The highest BCUT2D eigenvalue weighted by Crippen LogP contribution is 2.42. The number of hydrogen-bond donors (Lipinski definition) is 1. The van der Waals surface area contributed by atoms with E-state index in [2.05, 4.69) is 11.0 Å². The second-order valence-corrected chi connectivity index (χ2v) is 7.66. The number of hydrogen-bond acceptors (Lipinski definition) is 5. The number of nitriles is 1. The zero-order valence-corrected chi connectivity index (χ0v) is 16.4. The van der Waals surface area contributed by atoms with E-state index >= 15 is 0 Å². The van der Waals surface area contributed by atoms with E-state index in [1.54, 1.807) is 18.4 Å². The number of likely N-dealkylation sites (tertiary alicyclic amines) is 1. The minimum atomic E-state index is -5.08. The minimum Gasteiger partial charge on any atom is -0.475 e. The van der Waals surface area contributed by atoms with Crippen LogP contribution < -0.4 is 4.90 Å². The zero-order chi connectivity index (χ0) is 22.6. The van der Waals surface area contributed by atoms with Gasteiger partial charge in [0.1, 0.15) is 5.76 Å². The van der Waals surface area contributed by atoms with Gasteiger partial charge in [-0.15, -0.1) is 0 Å². The molecule has 0 radical (unpaired) electrons. The lowest BCUT2D eigenvalue weighted by Crippen LogP contribution is -2.31. The van der Waals surface area contributed by atoms with Gasteiger partial charge in [0.2, 0.25) is 5.91 Å². The van der Waals surface area contributed by atoms with Gasteiger partial charge in [-0.25, -0.2) is 4.79 Å². The first-order chi connectivity index (χ1) is 14.6. The van der Waals surface area contributed by atoms with E-state index < -0.39 is 12.1 Å². The molecule has 1 aromatic carbocycles. The van der Waals surface area contributed by atoms with Crippen molar-refractivity contribution < 1.29 is 32.3 Å². The Kier molecular flexibility index (Phi) is 6.36. The molecule has 1 aromatic heterocycles. The average Bonchev–Trinajstić information content (AvgIpc) is 3.43. The third kappa shape index (κ3) is 5.44. The lowest BCUT2D eigenvalue weighted by atomic mass is 9.86. The molecule has 1 spiro atoms. The van der Waals surface area contributed by atoms with Crippen LogP contribution in [0, 0.1) is 16.7 Å². The minimum absolute atomic E-state index is 0.0202. The van der Waals surface area contributed by atoms with E-state index in [1.165, 1.54) is 0 Å². The van der Waals surface area contributed by atoms with Gasteiger partial charge < -0.3 is 14.4 Å². The molecule has 0 aliphatic carbocycles. The highest BCUT2D eigenvalue weighted by molar-refractivity contribution is 5.96. The second kappa shape index (κ2) is 8.81.